The second kappa shape index (κ2) is 8.92. The van der Waals surface area contributed by atoms with Crippen molar-refractivity contribution in [1.29, 1.82) is 0 Å². The van der Waals surface area contributed by atoms with Gasteiger partial charge >= 0.3 is 5.97 Å². The predicted molar refractivity (Wildman–Crippen MR) is 117 cm³/mol. The molecule has 0 atom stereocenters. The number of carboxylic acid groups (broad SMARTS) is 1. The number of primary amides is 1. The first kappa shape index (κ1) is 21.9. The van der Waals surface area contributed by atoms with Gasteiger partial charge in [-0.25, -0.2) is 4.79 Å². The summed E-state index contributed by atoms with van der Waals surface area (Å²) in [4.78, 5) is 23.2. The number of carbonyl (C=O) groups is 2. The zero-order valence-corrected chi connectivity index (χ0v) is 18.9. The number of aryl methyl sites for hydroxylation is 1. The Balaban J connectivity index is 0.00000256. The van der Waals surface area contributed by atoms with Crippen molar-refractivity contribution in [2.24, 2.45) is 5.73 Å². The Morgan fingerprint density at radius 3 is 2.40 bits per heavy atom. The molecule has 3 N–H and O–H groups in total. The van der Waals surface area contributed by atoms with Crippen LogP contribution in [0.15, 0.2) is 60.7 Å². The summed E-state index contributed by atoms with van der Waals surface area (Å²) in [6, 6.07) is 19.2. The summed E-state index contributed by atoms with van der Waals surface area (Å²) in [7, 11) is 0. The first-order chi connectivity index (χ1) is 14.0. The number of nitrogens with two attached hydrogens (primary N) is 1. The van der Waals surface area contributed by atoms with Crippen molar-refractivity contribution in [2.45, 2.75) is 13.5 Å². The van der Waals surface area contributed by atoms with Crippen molar-refractivity contribution < 1.29 is 19.4 Å². The smallest absolute Gasteiger partial charge is 0.341 e. The molecule has 0 aliphatic carbocycles. The van der Waals surface area contributed by atoms with E-state index in [1.54, 1.807) is 18.2 Å². The van der Waals surface area contributed by atoms with Crippen LogP contribution in [-0.2, 0) is 11.3 Å². The van der Waals surface area contributed by atoms with Crippen LogP contribution in [0.4, 0.5) is 0 Å². The number of carboxylic acids is 1. The Kier molecular flexibility index (Phi) is 6.51. The number of nitrogens with zero attached hydrogens (tertiary/aromatic N) is 1. The molecule has 0 spiro atoms. The van der Waals surface area contributed by atoms with E-state index in [0.29, 0.717) is 28.6 Å². The van der Waals surface area contributed by atoms with Crippen molar-refractivity contribution in [1.82, 2.24) is 4.57 Å². The van der Waals surface area contributed by atoms with Crippen LogP contribution in [-0.4, -0.2) is 57.7 Å². The third kappa shape index (κ3) is 4.07. The number of carbonyl (C=O) groups excluding carboxylic acids is 1. The summed E-state index contributed by atoms with van der Waals surface area (Å²) in [5.41, 5.74) is 9.76. The molecule has 4 rings (SSSR count). The predicted octanol–water partition coefficient (Wildman–Crippen LogP) is 3.33. The number of ether oxygens (including phenoxy) is 1. The molecular formula is C23H20N2NaO4. The molecular weight excluding hydrogens is 391 g/mol. The zero-order chi connectivity index (χ0) is 20.5. The number of rotatable bonds is 6. The first-order valence-electron chi connectivity index (χ1n) is 9.19. The Hall–Kier alpha value is -2.80. The van der Waals surface area contributed by atoms with Gasteiger partial charge in [0.2, 0.25) is 5.91 Å². The van der Waals surface area contributed by atoms with Crippen molar-refractivity contribution >= 4 is 63.2 Å². The van der Waals surface area contributed by atoms with Crippen LogP contribution in [0, 0.1) is 6.92 Å². The molecule has 147 valence electrons. The maximum atomic E-state index is 12.1. The van der Waals surface area contributed by atoms with Gasteiger partial charge in [-0.2, -0.15) is 0 Å². The summed E-state index contributed by atoms with van der Waals surface area (Å²) in [6.07, 6.45) is 0. The van der Waals surface area contributed by atoms with E-state index in [1.807, 2.05) is 49.4 Å². The number of amides is 1. The van der Waals surface area contributed by atoms with Gasteiger partial charge in [-0.05, 0) is 42.3 Å². The summed E-state index contributed by atoms with van der Waals surface area (Å²) < 4.78 is 7.71. The minimum Gasteiger partial charge on any atom is -0.481 e. The third-order valence-corrected chi connectivity index (χ3v) is 4.90. The third-order valence-electron chi connectivity index (χ3n) is 4.90. The van der Waals surface area contributed by atoms with E-state index in [4.69, 9.17) is 15.6 Å². The van der Waals surface area contributed by atoms with Crippen molar-refractivity contribution in [3.63, 3.8) is 0 Å². The number of hydrogen-bond donors (Lipinski definition) is 2. The maximum Gasteiger partial charge on any atom is 0.341 e. The van der Waals surface area contributed by atoms with Gasteiger partial charge in [0.15, 0.2) is 6.61 Å². The molecule has 30 heavy (non-hydrogen) atoms. The van der Waals surface area contributed by atoms with Crippen LogP contribution in [0.5, 0.6) is 5.75 Å². The Morgan fingerprint density at radius 2 is 1.73 bits per heavy atom. The molecule has 1 radical (unpaired) electrons. The molecule has 0 unspecified atom stereocenters. The van der Waals surface area contributed by atoms with E-state index in [2.05, 4.69) is 4.57 Å². The van der Waals surface area contributed by atoms with E-state index in [9.17, 15) is 9.59 Å². The second-order valence-corrected chi connectivity index (χ2v) is 6.98. The number of aliphatic carboxylic acids is 1. The van der Waals surface area contributed by atoms with Gasteiger partial charge in [0.1, 0.15) is 5.75 Å². The van der Waals surface area contributed by atoms with Crippen LogP contribution >= 0.6 is 0 Å². The summed E-state index contributed by atoms with van der Waals surface area (Å²) in [5, 5.41) is 10.4. The van der Waals surface area contributed by atoms with E-state index >= 15 is 0 Å². The van der Waals surface area contributed by atoms with Gasteiger partial charge in [-0.3, -0.25) is 4.79 Å². The van der Waals surface area contributed by atoms with Crippen molar-refractivity contribution in [3.8, 4) is 5.75 Å². The first-order valence-corrected chi connectivity index (χ1v) is 9.19. The van der Waals surface area contributed by atoms with E-state index in [1.165, 1.54) is 0 Å². The van der Waals surface area contributed by atoms with Crippen LogP contribution in [0.1, 0.15) is 21.5 Å². The Bertz CT molecular complexity index is 1250. The Morgan fingerprint density at radius 1 is 1.00 bits per heavy atom. The fraction of sp³-hybridized carbons (Fsp3) is 0.130. The van der Waals surface area contributed by atoms with Gasteiger partial charge < -0.3 is 20.1 Å². The molecule has 1 amide bonds. The molecule has 0 bridgehead atoms. The molecule has 7 heteroatoms. The molecule has 1 aromatic heterocycles. The van der Waals surface area contributed by atoms with Crippen LogP contribution in [0.2, 0.25) is 0 Å². The maximum absolute atomic E-state index is 12.1. The average Bonchev–Trinajstić information content (AvgIpc) is 3.00. The summed E-state index contributed by atoms with van der Waals surface area (Å²) in [6.45, 7) is 2.04. The average molecular weight is 411 g/mol. The molecule has 6 nitrogen and oxygen atoms in total. The van der Waals surface area contributed by atoms with Gasteiger partial charge in [-0.15, -0.1) is 0 Å². The molecule has 1 heterocycles. The molecule has 0 aliphatic heterocycles. The van der Waals surface area contributed by atoms with Gasteiger partial charge in [0.05, 0.1) is 16.4 Å². The standard InChI is InChI=1S/C23H20N2O4.Na/c1-14-10-18-22(19(11-14)29-13-20(26)27)21-16(23(24)28)8-5-9-17(21)25(18)12-15-6-3-2-4-7-15;/h2-11H,12-13H2,1H3,(H2,24,28)(H,26,27);. The molecule has 0 saturated heterocycles. The molecule has 0 saturated carbocycles. The number of hydrogen-bond acceptors (Lipinski definition) is 3. The van der Waals surface area contributed by atoms with Gasteiger partial charge in [-0.1, -0.05) is 36.4 Å². The normalized spacial score (nSPS) is 10.7. The Labute approximate surface area is 195 Å². The molecule has 0 fully saturated rings. The van der Waals surface area contributed by atoms with Crippen LogP contribution in [0.25, 0.3) is 21.8 Å². The molecule has 0 aliphatic rings. The topological polar surface area (TPSA) is 94.6 Å². The minimum atomic E-state index is -1.07. The largest absolute Gasteiger partial charge is 0.481 e. The van der Waals surface area contributed by atoms with Crippen LogP contribution in [0.3, 0.4) is 0 Å². The van der Waals surface area contributed by atoms with Gasteiger partial charge in [0.25, 0.3) is 0 Å². The number of aromatic nitrogens is 1. The summed E-state index contributed by atoms with van der Waals surface area (Å²) in [5.74, 6) is -1.19. The quantitative estimate of drug-likeness (QED) is 0.476. The SMILES string of the molecule is Cc1cc(OCC(=O)O)c2c3c(C(N)=O)cccc3n(Cc3ccccc3)c2c1.[Na]. The van der Waals surface area contributed by atoms with Crippen LogP contribution < -0.4 is 10.5 Å². The zero-order valence-electron chi connectivity index (χ0n) is 16.9. The fourth-order valence-corrected chi connectivity index (χ4v) is 3.75. The van der Waals surface area contributed by atoms with E-state index in [0.717, 1.165) is 22.2 Å². The fourth-order valence-electron chi connectivity index (χ4n) is 3.75. The van der Waals surface area contributed by atoms with E-state index in [-0.39, 0.29) is 29.6 Å². The monoisotopic (exact) mass is 411 g/mol. The molecule has 4 aromatic rings. The number of benzene rings is 3. The minimum absolute atomic E-state index is 0. The second-order valence-electron chi connectivity index (χ2n) is 6.98. The molecule has 3 aromatic carbocycles. The summed E-state index contributed by atoms with van der Waals surface area (Å²) >= 11 is 0. The van der Waals surface area contributed by atoms with E-state index < -0.39 is 18.5 Å². The van der Waals surface area contributed by atoms with Crippen molar-refractivity contribution in [3.05, 3.63) is 77.4 Å². The van der Waals surface area contributed by atoms with Crippen molar-refractivity contribution in [2.75, 3.05) is 6.61 Å². The van der Waals surface area contributed by atoms with Gasteiger partial charge in [0, 0.05) is 47.1 Å². The number of fused-ring (bicyclic) bond motifs is 3.